The van der Waals surface area contributed by atoms with Gasteiger partial charge >= 0.3 is 0 Å². The summed E-state index contributed by atoms with van der Waals surface area (Å²) >= 11 is 0. The highest BCUT2D eigenvalue weighted by Gasteiger charge is 2.21. The van der Waals surface area contributed by atoms with Gasteiger partial charge in [-0.1, -0.05) is 46.5 Å². The standard InChI is InChI=1S/C14H30N2O/c1-5-9-10-13(15)14(17)16(8-4)11-12(6-2)7-3/h12-13H,5-11,15H2,1-4H3/t13-/m0/s1. The topological polar surface area (TPSA) is 46.3 Å². The molecule has 0 aliphatic heterocycles. The molecule has 1 amide bonds. The molecular weight excluding hydrogens is 212 g/mol. The maximum Gasteiger partial charge on any atom is 0.239 e. The summed E-state index contributed by atoms with van der Waals surface area (Å²) in [6.07, 6.45) is 5.21. The van der Waals surface area contributed by atoms with Gasteiger partial charge in [-0.25, -0.2) is 0 Å². The lowest BCUT2D eigenvalue weighted by Gasteiger charge is -2.28. The van der Waals surface area contributed by atoms with E-state index in [9.17, 15) is 4.79 Å². The number of unbranched alkanes of at least 4 members (excludes halogenated alkanes) is 1. The van der Waals surface area contributed by atoms with Gasteiger partial charge in [0.2, 0.25) is 5.91 Å². The molecule has 102 valence electrons. The third-order valence-electron chi connectivity index (χ3n) is 3.51. The van der Waals surface area contributed by atoms with Crippen molar-refractivity contribution < 1.29 is 4.79 Å². The zero-order chi connectivity index (χ0) is 13.3. The molecule has 17 heavy (non-hydrogen) atoms. The molecule has 3 nitrogen and oxygen atoms in total. The number of hydrogen-bond donors (Lipinski definition) is 1. The molecule has 0 aromatic heterocycles. The highest BCUT2D eigenvalue weighted by Crippen LogP contribution is 2.11. The van der Waals surface area contributed by atoms with Gasteiger partial charge < -0.3 is 10.6 Å². The molecule has 0 aliphatic carbocycles. The number of carbonyl (C=O) groups excluding carboxylic acids is 1. The molecule has 0 radical (unpaired) electrons. The molecule has 0 aliphatic rings. The van der Waals surface area contributed by atoms with Gasteiger partial charge in [-0.2, -0.15) is 0 Å². The second kappa shape index (κ2) is 9.46. The molecule has 1 atom stereocenters. The van der Waals surface area contributed by atoms with Crippen molar-refractivity contribution in [3.05, 3.63) is 0 Å². The number of amides is 1. The molecule has 0 bridgehead atoms. The van der Waals surface area contributed by atoms with E-state index in [0.717, 1.165) is 45.2 Å². The minimum absolute atomic E-state index is 0.132. The van der Waals surface area contributed by atoms with E-state index in [4.69, 9.17) is 5.73 Å². The summed E-state index contributed by atoms with van der Waals surface area (Å²) in [5.41, 5.74) is 5.95. The predicted octanol–water partition coefficient (Wildman–Crippen LogP) is 2.79. The van der Waals surface area contributed by atoms with Gasteiger partial charge in [0, 0.05) is 13.1 Å². The molecule has 0 rings (SSSR count). The van der Waals surface area contributed by atoms with E-state index in [1.807, 2.05) is 11.8 Å². The average molecular weight is 242 g/mol. The van der Waals surface area contributed by atoms with Crippen LogP contribution in [0.3, 0.4) is 0 Å². The highest BCUT2D eigenvalue weighted by atomic mass is 16.2. The number of carbonyl (C=O) groups is 1. The first kappa shape index (κ1) is 16.4. The Hall–Kier alpha value is -0.570. The van der Waals surface area contributed by atoms with Crippen LogP contribution in [0, 0.1) is 5.92 Å². The van der Waals surface area contributed by atoms with Crippen molar-refractivity contribution in [2.24, 2.45) is 11.7 Å². The van der Waals surface area contributed by atoms with Gasteiger partial charge in [-0.3, -0.25) is 4.79 Å². The number of hydrogen-bond acceptors (Lipinski definition) is 2. The fourth-order valence-electron chi connectivity index (χ4n) is 2.02. The van der Waals surface area contributed by atoms with E-state index in [2.05, 4.69) is 20.8 Å². The lowest BCUT2D eigenvalue weighted by Crippen LogP contribution is -2.45. The van der Waals surface area contributed by atoms with Gasteiger partial charge in [-0.15, -0.1) is 0 Å². The summed E-state index contributed by atoms with van der Waals surface area (Å²) in [4.78, 5) is 14.1. The Bertz CT molecular complexity index is 202. The molecule has 0 spiro atoms. The minimum atomic E-state index is -0.302. The normalized spacial score (nSPS) is 12.8. The van der Waals surface area contributed by atoms with E-state index < -0.39 is 0 Å². The van der Waals surface area contributed by atoms with E-state index in [0.29, 0.717) is 5.92 Å². The molecule has 0 aromatic carbocycles. The van der Waals surface area contributed by atoms with Crippen molar-refractivity contribution in [3.8, 4) is 0 Å². The van der Waals surface area contributed by atoms with Gasteiger partial charge in [0.15, 0.2) is 0 Å². The Morgan fingerprint density at radius 3 is 2.18 bits per heavy atom. The summed E-state index contributed by atoms with van der Waals surface area (Å²) in [5, 5.41) is 0. The number of rotatable bonds is 9. The molecule has 2 N–H and O–H groups in total. The van der Waals surface area contributed by atoms with Crippen LogP contribution in [0.2, 0.25) is 0 Å². The predicted molar refractivity (Wildman–Crippen MR) is 73.8 cm³/mol. The van der Waals surface area contributed by atoms with Crippen LogP contribution in [0.1, 0.15) is 59.8 Å². The average Bonchev–Trinajstić information content (AvgIpc) is 2.36. The highest BCUT2D eigenvalue weighted by molar-refractivity contribution is 5.81. The second-order valence-electron chi connectivity index (χ2n) is 4.81. The first-order valence-electron chi connectivity index (χ1n) is 7.14. The molecular formula is C14H30N2O. The lowest BCUT2D eigenvalue weighted by molar-refractivity contribution is -0.133. The van der Waals surface area contributed by atoms with Crippen LogP contribution in [0.15, 0.2) is 0 Å². The van der Waals surface area contributed by atoms with E-state index in [1.165, 1.54) is 0 Å². The summed E-state index contributed by atoms with van der Waals surface area (Å²) in [7, 11) is 0. The van der Waals surface area contributed by atoms with Gasteiger partial charge in [0.1, 0.15) is 0 Å². The Morgan fingerprint density at radius 1 is 1.18 bits per heavy atom. The largest absolute Gasteiger partial charge is 0.341 e. The Kier molecular flexibility index (Phi) is 9.14. The number of nitrogens with zero attached hydrogens (tertiary/aromatic N) is 1. The zero-order valence-corrected chi connectivity index (χ0v) is 12.0. The Labute approximate surface area is 107 Å². The zero-order valence-electron chi connectivity index (χ0n) is 12.0. The van der Waals surface area contributed by atoms with Crippen LogP contribution in [-0.4, -0.2) is 29.9 Å². The first-order chi connectivity index (χ1) is 8.10. The lowest BCUT2D eigenvalue weighted by atomic mass is 10.0. The van der Waals surface area contributed by atoms with Crippen molar-refractivity contribution in [1.82, 2.24) is 4.90 Å². The summed E-state index contributed by atoms with van der Waals surface area (Å²) in [6.45, 7) is 10.2. The van der Waals surface area contributed by atoms with Crippen molar-refractivity contribution in [2.75, 3.05) is 13.1 Å². The second-order valence-corrected chi connectivity index (χ2v) is 4.81. The first-order valence-corrected chi connectivity index (χ1v) is 7.14. The number of likely N-dealkylation sites (N-methyl/N-ethyl adjacent to an activating group) is 1. The maximum absolute atomic E-state index is 12.1. The van der Waals surface area contributed by atoms with Crippen molar-refractivity contribution in [2.45, 2.75) is 65.8 Å². The quantitative estimate of drug-likeness (QED) is 0.676. The smallest absolute Gasteiger partial charge is 0.239 e. The molecule has 0 unspecified atom stereocenters. The Morgan fingerprint density at radius 2 is 1.76 bits per heavy atom. The van der Waals surface area contributed by atoms with Gasteiger partial charge in [0.25, 0.3) is 0 Å². The third-order valence-corrected chi connectivity index (χ3v) is 3.51. The van der Waals surface area contributed by atoms with Crippen LogP contribution in [0.4, 0.5) is 0 Å². The van der Waals surface area contributed by atoms with Gasteiger partial charge in [0.05, 0.1) is 6.04 Å². The Balaban J connectivity index is 4.28. The molecule has 0 fully saturated rings. The van der Waals surface area contributed by atoms with Gasteiger partial charge in [-0.05, 0) is 19.3 Å². The van der Waals surface area contributed by atoms with E-state index >= 15 is 0 Å². The summed E-state index contributed by atoms with van der Waals surface area (Å²) < 4.78 is 0. The fraction of sp³-hybridized carbons (Fsp3) is 0.929. The molecule has 0 aromatic rings. The molecule has 0 saturated heterocycles. The van der Waals surface area contributed by atoms with Crippen molar-refractivity contribution in [1.29, 1.82) is 0 Å². The van der Waals surface area contributed by atoms with Crippen LogP contribution < -0.4 is 5.73 Å². The maximum atomic E-state index is 12.1. The molecule has 3 heteroatoms. The monoisotopic (exact) mass is 242 g/mol. The van der Waals surface area contributed by atoms with Crippen LogP contribution in [-0.2, 0) is 4.79 Å². The van der Waals surface area contributed by atoms with Crippen LogP contribution >= 0.6 is 0 Å². The molecule has 0 saturated carbocycles. The van der Waals surface area contributed by atoms with Crippen molar-refractivity contribution >= 4 is 5.91 Å². The SMILES string of the molecule is CCCC[C@H](N)C(=O)N(CC)CC(CC)CC. The van der Waals surface area contributed by atoms with Crippen LogP contribution in [0.25, 0.3) is 0 Å². The van der Waals surface area contributed by atoms with E-state index in [1.54, 1.807) is 0 Å². The summed E-state index contributed by atoms with van der Waals surface area (Å²) in [6, 6.07) is -0.302. The minimum Gasteiger partial charge on any atom is -0.341 e. The van der Waals surface area contributed by atoms with Crippen molar-refractivity contribution in [3.63, 3.8) is 0 Å². The third kappa shape index (κ3) is 6.06. The van der Waals surface area contributed by atoms with Crippen LogP contribution in [0.5, 0.6) is 0 Å². The molecule has 0 heterocycles. The number of nitrogens with two attached hydrogens (primary N) is 1. The summed E-state index contributed by atoms with van der Waals surface area (Å²) in [5.74, 6) is 0.741. The van der Waals surface area contributed by atoms with E-state index in [-0.39, 0.29) is 11.9 Å². The fourth-order valence-corrected chi connectivity index (χ4v) is 2.02.